The Morgan fingerprint density at radius 1 is 0.974 bits per heavy atom. The third-order valence-electron chi connectivity index (χ3n) is 7.35. The highest BCUT2D eigenvalue weighted by Gasteiger charge is 2.33. The molecule has 4 rings (SSSR count). The van der Waals surface area contributed by atoms with Gasteiger partial charge in [0.05, 0.1) is 11.9 Å². The Kier molecular flexibility index (Phi) is 9.51. The van der Waals surface area contributed by atoms with Gasteiger partial charge in [-0.1, -0.05) is 92.4 Å². The summed E-state index contributed by atoms with van der Waals surface area (Å²) >= 11 is 6.45. The van der Waals surface area contributed by atoms with Gasteiger partial charge in [0, 0.05) is 23.0 Å². The normalized spacial score (nSPS) is 15.1. The number of anilines is 1. The van der Waals surface area contributed by atoms with Gasteiger partial charge >= 0.3 is 0 Å². The van der Waals surface area contributed by atoms with Crippen molar-refractivity contribution >= 4 is 49.9 Å². The van der Waals surface area contributed by atoms with E-state index < -0.39 is 28.5 Å². The summed E-state index contributed by atoms with van der Waals surface area (Å²) in [7, 11) is -3.84. The van der Waals surface area contributed by atoms with Gasteiger partial charge in [-0.25, -0.2) is 8.42 Å². The first-order valence-electron chi connectivity index (χ1n) is 13.5. The molecule has 1 N–H and O–H groups in total. The van der Waals surface area contributed by atoms with Crippen molar-refractivity contribution < 1.29 is 18.0 Å². The number of carbonyl (C=O) groups excluding carboxylic acids is 2. The molecule has 0 radical (unpaired) electrons. The second-order valence-corrected chi connectivity index (χ2v) is 12.5. The smallest absolute Gasteiger partial charge is 0.244 e. The number of hydrogen-bond acceptors (Lipinski definition) is 4. The lowest BCUT2D eigenvalue weighted by atomic mass is 9.95. The molecular weight excluding hydrogens is 534 g/mol. The third-order valence-corrected chi connectivity index (χ3v) is 8.85. The van der Waals surface area contributed by atoms with Gasteiger partial charge in [0.15, 0.2) is 0 Å². The molecule has 0 spiro atoms. The summed E-state index contributed by atoms with van der Waals surface area (Å²) in [5.74, 6) is -0.695. The third kappa shape index (κ3) is 7.11. The largest absolute Gasteiger partial charge is 0.352 e. The molecule has 39 heavy (non-hydrogen) atoms. The lowest BCUT2D eigenvalue weighted by molar-refractivity contribution is -0.140. The molecule has 7 nitrogen and oxygen atoms in total. The first kappa shape index (κ1) is 28.9. The van der Waals surface area contributed by atoms with Crippen LogP contribution in [0.4, 0.5) is 5.69 Å². The Balaban J connectivity index is 1.68. The van der Waals surface area contributed by atoms with E-state index >= 15 is 0 Å². The number of halogens is 1. The zero-order valence-electron chi connectivity index (χ0n) is 22.5. The highest BCUT2D eigenvalue weighted by Crippen LogP contribution is 2.29. The number of sulfonamides is 1. The Bertz CT molecular complexity index is 1420. The maximum Gasteiger partial charge on any atom is 0.244 e. The van der Waals surface area contributed by atoms with Crippen molar-refractivity contribution in [3.05, 3.63) is 77.3 Å². The second-order valence-electron chi connectivity index (χ2n) is 10.1. The van der Waals surface area contributed by atoms with E-state index in [2.05, 4.69) is 5.32 Å². The van der Waals surface area contributed by atoms with E-state index in [1.54, 1.807) is 24.3 Å². The van der Waals surface area contributed by atoms with Crippen molar-refractivity contribution in [3.63, 3.8) is 0 Å². The van der Waals surface area contributed by atoms with Crippen molar-refractivity contribution in [1.29, 1.82) is 0 Å². The Labute approximate surface area is 236 Å². The van der Waals surface area contributed by atoms with Crippen molar-refractivity contribution in [1.82, 2.24) is 10.2 Å². The molecule has 0 aliphatic heterocycles. The highest BCUT2D eigenvalue weighted by atomic mass is 35.5. The van der Waals surface area contributed by atoms with Crippen LogP contribution >= 0.6 is 11.6 Å². The monoisotopic (exact) mass is 569 g/mol. The molecule has 9 heteroatoms. The van der Waals surface area contributed by atoms with E-state index in [1.165, 1.54) is 4.90 Å². The molecule has 1 atom stereocenters. The van der Waals surface area contributed by atoms with E-state index in [1.807, 2.05) is 49.4 Å². The summed E-state index contributed by atoms with van der Waals surface area (Å²) in [5.41, 5.74) is 1.11. The lowest BCUT2D eigenvalue weighted by Crippen LogP contribution is -2.54. The minimum atomic E-state index is -3.84. The van der Waals surface area contributed by atoms with Crippen LogP contribution in [0.15, 0.2) is 66.7 Å². The molecule has 0 heterocycles. The number of hydrogen-bond donors (Lipinski definition) is 1. The average Bonchev–Trinajstić information content (AvgIpc) is 2.92. The number of fused-ring (bicyclic) bond motifs is 1. The van der Waals surface area contributed by atoms with Crippen molar-refractivity contribution in [2.45, 2.75) is 64.1 Å². The predicted molar refractivity (Wildman–Crippen MR) is 157 cm³/mol. The van der Waals surface area contributed by atoms with Gasteiger partial charge in [0.25, 0.3) is 0 Å². The molecule has 3 aromatic rings. The van der Waals surface area contributed by atoms with Crippen LogP contribution in [0.2, 0.25) is 5.02 Å². The number of carbonyl (C=O) groups is 2. The molecule has 0 aromatic heterocycles. The number of nitrogens with one attached hydrogen (secondary N) is 1. The average molecular weight is 570 g/mol. The minimum absolute atomic E-state index is 0.0840. The topological polar surface area (TPSA) is 86.8 Å². The van der Waals surface area contributed by atoms with Crippen LogP contribution in [0.25, 0.3) is 10.8 Å². The first-order valence-corrected chi connectivity index (χ1v) is 15.7. The van der Waals surface area contributed by atoms with Gasteiger partial charge in [0.2, 0.25) is 21.8 Å². The van der Waals surface area contributed by atoms with E-state index in [0.717, 1.165) is 53.4 Å². The first-order chi connectivity index (χ1) is 18.7. The summed E-state index contributed by atoms with van der Waals surface area (Å²) in [5, 5.41) is 5.21. The fourth-order valence-electron chi connectivity index (χ4n) is 5.29. The fraction of sp³-hybridized carbons (Fsp3) is 0.400. The van der Waals surface area contributed by atoms with Crippen molar-refractivity contribution in [2.75, 3.05) is 17.1 Å². The summed E-state index contributed by atoms with van der Waals surface area (Å²) in [6, 6.07) is 19.3. The Morgan fingerprint density at radius 2 is 1.64 bits per heavy atom. The van der Waals surface area contributed by atoms with Gasteiger partial charge in [-0.05, 0) is 42.3 Å². The van der Waals surface area contributed by atoms with Crippen LogP contribution in [-0.4, -0.2) is 50.0 Å². The number of amides is 2. The number of benzene rings is 3. The van der Waals surface area contributed by atoms with Crippen LogP contribution in [-0.2, 0) is 26.2 Å². The van der Waals surface area contributed by atoms with Crippen LogP contribution < -0.4 is 9.62 Å². The molecular formula is C30H36ClN3O4S. The van der Waals surface area contributed by atoms with Crippen molar-refractivity contribution in [2.24, 2.45) is 0 Å². The Hall–Kier alpha value is -3.10. The molecule has 1 aliphatic rings. The van der Waals surface area contributed by atoms with Gasteiger partial charge < -0.3 is 10.2 Å². The minimum Gasteiger partial charge on any atom is -0.352 e. The number of nitrogens with zero attached hydrogens (tertiary/aromatic N) is 2. The summed E-state index contributed by atoms with van der Waals surface area (Å²) in [6.45, 7) is 1.50. The standard InChI is InChI=1S/C30H36ClN3O4S/c1-3-27(30(36)32-24-15-5-4-6-16-24)33(20-23-13-8-10-18-26(23)31)29(35)21-34(39(2,37)38)28-19-11-14-22-12-7-9-17-25(22)28/h7-14,17-19,24,27H,3-6,15-16,20-21H2,1-2H3,(H,32,36)/t27-/m0/s1. The number of rotatable bonds is 10. The summed E-state index contributed by atoms with van der Waals surface area (Å²) < 4.78 is 27.2. The SMILES string of the molecule is CC[C@@H](C(=O)NC1CCCCC1)N(Cc1ccccc1Cl)C(=O)CN(c1cccc2ccccc12)S(C)(=O)=O. The van der Waals surface area contributed by atoms with E-state index in [0.29, 0.717) is 22.7 Å². The molecule has 0 bridgehead atoms. The molecule has 3 aromatic carbocycles. The van der Waals surface area contributed by atoms with Crippen LogP contribution in [0.3, 0.4) is 0 Å². The molecule has 0 saturated heterocycles. The van der Waals surface area contributed by atoms with E-state index in [9.17, 15) is 18.0 Å². The molecule has 1 aliphatic carbocycles. The van der Waals surface area contributed by atoms with Gasteiger partial charge in [0.1, 0.15) is 12.6 Å². The molecule has 1 fully saturated rings. The maximum atomic E-state index is 14.0. The lowest BCUT2D eigenvalue weighted by Gasteiger charge is -2.34. The molecule has 208 valence electrons. The summed E-state index contributed by atoms with van der Waals surface area (Å²) in [4.78, 5) is 29.0. The molecule has 2 amide bonds. The molecule has 0 unspecified atom stereocenters. The van der Waals surface area contributed by atoms with E-state index in [4.69, 9.17) is 11.6 Å². The van der Waals surface area contributed by atoms with E-state index in [-0.39, 0.29) is 18.5 Å². The van der Waals surface area contributed by atoms with Gasteiger partial charge in [-0.3, -0.25) is 13.9 Å². The van der Waals surface area contributed by atoms with Crippen LogP contribution in [0.1, 0.15) is 51.0 Å². The fourth-order valence-corrected chi connectivity index (χ4v) is 6.35. The zero-order chi connectivity index (χ0) is 28.0. The van der Waals surface area contributed by atoms with Crippen LogP contribution in [0, 0.1) is 0 Å². The Morgan fingerprint density at radius 3 is 2.33 bits per heavy atom. The predicted octanol–water partition coefficient (Wildman–Crippen LogP) is 5.52. The van der Waals surface area contributed by atoms with Crippen molar-refractivity contribution in [3.8, 4) is 0 Å². The highest BCUT2D eigenvalue weighted by molar-refractivity contribution is 7.92. The van der Waals surface area contributed by atoms with Crippen LogP contribution in [0.5, 0.6) is 0 Å². The second kappa shape index (κ2) is 12.8. The summed E-state index contributed by atoms with van der Waals surface area (Å²) in [6.07, 6.45) is 6.61. The van der Waals surface area contributed by atoms with Gasteiger partial charge in [-0.15, -0.1) is 0 Å². The molecule has 1 saturated carbocycles. The zero-order valence-corrected chi connectivity index (χ0v) is 24.0. The quantitative estimate of drug-likeness (QED) is 0.348. The van der Waals surface area contributed by atoms with Gasteiger partial charge in [-0.2, -0.15) is 0 Å². The maximum absolute atomic E-state index is 14.0.